The molecule has 1 nitrogen and oxygen atoms in total. The molecule has 0 radical (unpaired) electrons. The Kier molecular flexibility index (Phi) is 5.76. The van der Waals surface area contributed by atoms with E-state index < -0.39 is 0 Å². The first-order valence-electron chi connectivity index (χ1n) is 5.91. The summed E-state index contributed by atoms with van der Waals surface area (Å²) >= 11 is 0. The lowest BCUT2D eigenvalue weighted by Crippen LogP contribution is -1.89. The summed E-state index contributed by atoms with van der Waals surface area (Å²) in [7, 11) is 0. The molecule has 0 bridgehead atoms. The number of hydrogen-bond donors (Lipinski definition) is 0. The third kappa shape index (κ3) is 4.78. The van der Waals surface area contributed by atoms with Crippen LogP contribution in [0.1, 0.15) is 51.1 Å². The van der Waals surface area contributed by atoms with Gasteiger partial charge >= 0.3 is 0 Å². The molecule has 1 unspecified atom stereocenters. The van der Waals surface area contributed by atoms with Crippen molar-refractivity contribution in [2.45, 2.75) is 45.6 Å². The molecule has 0 spiro atoms. The van der Waals surface area contributed by atoms with Crippen LogP contribution in [-0.2, 0) is 0 Å². The number of unbranched alkanes of at least 4 members (excludes halogenated alkanes) is 3. The first-order valence-corrected chi connectivity index (χ1v) is 5.91. The van der Waals surface area contributed by atoms with Crippen LogP contribution in [0, 0.1) is 0 Å². The molecule has 0 fully saturated rings. The van der Waals surface area contributed by atoms with Crippen molar-refractivity contribution < 1.29 is 0 Å². The lowest BCUT2D eigenvalue weighted by molar-refractivity contribution is 0.739. The van der Waals surface area contributed by atoms with E-state index in [0.29, 0.717) is 6.04 Å². The Morgan fingerprint density at radius 3 is 2.60 bits per heavy atom. The SMILES string of the molecule is CCCCCC=NC(C)c1ccccc1. The van der Waals surface area contributed by atoms with E-state index in [1.165, 1.54) is 24.8 Å². The van der Waals surface area contributed by atoms with Crippen molar-refractivity contribution in [2.75, 3.05) is 0 Å². The summed E-state index contributed by atoms with van der Waals surface area (Å²) in [5.41, 5.74) is 1.30. The molecule has 15 heavy (non-hydrogen) atoms. The highest BCUT2D eigenvalue weighted by atomic mass is 14.7. The van der Waals surface area contributed by atoms with E-state index in [9.17, 15) is 0 Å². The smallest absolute Gasteiger partial charge is 0.0716 e. The highest BCUT2D eigenvalue weighted by molar-refractivity contribution is 5.57. The molecule has 0 heterocycles. The van der Waals surface area contributed by atoms with E-state index in [1.54, 1.807) is 0 Å². The van der Waals surface area contributed by atoms with E-state index in [-0.39, 0.29) is 0 Å². The zero-order chi connectivity index (χ0) is 10.9. The average molecular weight is 203 g/mol. The van der Waals surface area contributed by atoms with E-state index in [4.69, 9.17) is 0 Å². The quantitative estimate of drug-likeness (QED) is 0.480. The standard InChI is InChI=1S/C14H21N/c1-3-4-5-9-12-15-13(2)14-10-7-6-8-11-14/h6-8,10-13H,3-5,9H2,1-2H3. The summed E-state index contributed by atoms with van der Waals surface area (Å²) in [4.78, 5) is 4.54. The van der Waals surface area contributed by atoms with Crippen LogP contribution in [0.3, 0.4) is 0 Å². The zero-order valence-electron chi connectivity index (χ0n) is 9.82. The van der Waals surface area contributed by atoms with Crippen LogP contribution in [0.4, 0.5) is 0 Å². The molecule has 0 aliphatic carbocycles. The van der Waals surface area contributed by atoms with Crippen molar-refractivity contribution in [3.8, 4) is 0 Å². The molecule has 1 rings (SSSR count). The molecule has 0 saturated heterocycles. The van der Waals surface area contributed by atoms with Crippen LogP contribution >= 0.6 is 0 Å². The van der Waals surface area contributed by atoms with Gasteiger partial charge in [0, 0.05) is 0 Å². The van der Waals surface area contributed by atoms with Gasteiger partial charge in [-0.15, -0.1) is 0 Å². The number of nitrogens with zero attached hydrogens (tertiary/aromatic N) is 1. The van der Waals surface area contributed by atoms with Crippen LogP contribution < -0.4 is 0 Å². The van der Waals surface area contributed by atoms with Gasteiger partial charge in [-0.2, -0.15) is 0 Å². The Morgan fingerprint density at radius 2 is 1.93 bits per heavy atom. The fourth-order valence-corrected chi connectivity index (χ4v) is 1.54. The van der Waals surface area contributed by atoms with E-state index in [2.05, 4.69) is 49.3 Å². The first kappa shape index (κ1) is 12.0. The Hall–Kier alpha value is -1.11. The third-order valence-corrected chi connectivity index (χ3v) is 2.55. The number of aliphatic imine (C=N–C) groups is 1. The molecule has 0 aromatic heterocycles. The van der Waals surface area contributed by atoms with Crippen LogP contribution in [0.15, 0.2) is 35.3 Å². The summed E-state index contributed by atoms with van der Waals surface area (Å²) in [5, 5.41) is 0. The van der Waals surface area contributed by atoms with Gasteiger partial charge in [0.15, 0.2) is 0 Å². The predicted molar refractivity (Wildman–Crippen MR) is 67.5 cm³/mol. The van der Waals surface area contributed by atoms with Gasteiger partial charge in [-0.05, 0) is 31.5 Å². The first-order chi connectivity index (χ1) is 7.34. The maximum atomic E-state index is 4.54. The van der Waals surface area contributed by atoms with Crippen LogP contribution in [0.5, 0.6) is 0 Å². The maximum absolute atomic E-state index is 4.54. The Morgan fingerprint density at radius 1 is 1.20 bits per heavy atom. The summed E-state index contributed by atoms with van der Waals surface area (Å²) < 4.78 is 0. The van der Waals surface area contributed by atoms with Crippen LogP contribution in [0.2, 0.25) is 0 Å². The van der Waals surface area contributed by atoms with E-state index >= 15 is 0 Å². The molecule has 1 heteroatoms. The monoisotopic (exact) mass is 203 g/mol. The second-order valence-electron chi connectivity index (χ2n) is 3.91. The van der Waals surface area contributed by atoms with Gasteiger partial charge < -0.3 is 0 Å². The summed E-state index contributed by atoms with van der Waals surface area (Å²) in [6.07, 6.45) is 7.05. The second kappa shape index (κ2) is 7.22. The third-order valence-electron chi connectivity index (χ3n) is 2.55. The Balaban J connectivity index is 2.32. The number of rotatable bonds is 6. The fourth-order valence-electron chi connectivity index (χ4n) is 1.54. The lowest BCUT2D eigenvalue weighted by atomic mass is 10.1. The van der Waals surface area contributed by atoms with Crippen molar-refractivity contribution in [1.82, 2.24) is 0 Å². The normalized spacial score (nSPS) is 13.2. The largest absolute Gasteiger partial charge is 0.290 e. The Bertz CT molecular complexity index is 277. The van der Waals surface area contributed by atoms with Gasteiger partial charge in [0.2, 0.25) is 0 Å². The highest BCUT2D eigenvalue weighted by Crippen LogP contribution is 2.15. The van der Waals surface area contributed by atoms with Gasteiger partial charge in [0.05, 0.1) is 6.04 Å². The maximum Gasteiger partial charge on any atom is 0.0716 e. The van der Waals surface area contributed by atoms with Crippen molar-refractivity contribution in [3.05, 3.63) is 35.9 Å². The topological polar surface area (TPSA) is 12.4 Å². The zero-order valence-corrected chi connectivity index (χ0v) is 9.82. The molecule has 1 aromatic carbocycles. The minimum absolute atomic E-state index is 0.299. The lowest BCUT2D eigenvalue weighted by Gasteiger charge is -2.05. The molecule has 0 amide bonds. The van der Waals surface area contributed by atoms with Gasteiger partial charge in [0.25, 0.3) is 0 Å². The molecule has 0 aliphatic rings. The summed E-state index contributed by atoms with van der Waals surface area (Å²) in [5.74, 6) is 0. The van der Waals surface area contributed by atoms with Crippen LogP contribution in [0.25, 0.3) is 0 Å². The minimum atomic E-state index is 0.299. The van der Waals surface area contributed by atoms with Crippen molar-refractivity contribution in [1.29, 1.82) is 0 Å². The summed E-state index contributed by atoms with van der Waals surface area (Å²) in [6, 6.07) is 10.7. The van der Waals surface area contributed by atoms with Gasteiger partial charge in [-0.25, -0.2) is 0 Å². The fraction of sp³-hybridized carbons (Fsp3) is 0.500. The minimum Gasteiger partial charge on any atom is -0.290 e. The van der Waals surface area contributed by atoms with Crippen molar-refractivity contribution in [3.63, 3.8) is 0 Å². The molecular weight excluding hydrogens is 182 g/mol. The molecule has 0 aliphatic heterocycles. The summed E-state index contributed by atoms with van der Waals surface area (Å²) in [6.45, 7) is 4.37. The van der Waals surface area contributed by atoms with Crippen molar-refractivity contribution >= 4 is 6.21 Å². The molecule has 1 aromatic rings. The molecule has 1 atom stereocenters. The van der Waals surface area contributed by atoms with Gasteiger partial charge in [0.1, 0.15) is 0 Å². The predicted octanol–water partition coefficient (Wildman–Crippen LogP) is 4.40. The van der Waals surface area contributed by atoms with Gasteiger partial charge in [-0.1, -0.05) is 50.1 Å². The number of benzene rings is 1. The highest BCUT2D eigenvalue weighted by Gasteiger charge is 1.99. The number of hydrogen-bond acceptors (Lipinski definition) is 1. The second-order valence-corrected chi connectivity index (χ2v) is 3.91. The Labute approximate surface area is 93.2 Å². The molecule has 82 valence electrons. The molecule has 0 saturated carbocycles. The molecular formula is C14H21N. The average Bonchev–Trinajstić information content (AvgIpc) is 2.30. The van der Waals surface area contributed by atoms with Gasteiger partial charge in [-0.3, -0.25) is 4.99 Å². The van der Waals surface area contributed by atoms with Crippen LogP contribution in [-0.4, -0.2) is 6.21 Å². The van der Waals surface area contributed by atoms with Crippen molar-refractivity contribution in [2.24, 2.45) is 4.99 Å². The molecule has 0 N–H and O–H groups in total. The van der Waals surface area contributed by atoms with E-state index in [1.807, 2.05) is 6.07 Å². The van der Waals surface area contributed by atoms with E-state index in [0.717, 1.165) is 6.42 Å².